The topological polar surface area (TPSA) is 139 Å². The SMILES string of the molecule is COc1cc(S(=O)(=O)N2C[C@H](C[C@H](C(N)=O)C3CC3)Oc3ccc(N(C(=O)O)C(C)(C)C(F)(F)F)cc32)ccc1F. The first-order chi connectivity index (χ1) is 19.0. The molecule has 1 aliphatic heterocycles. The van der Waals surface area contributed by atoms with Crippen LogP contribution < -0.4 is 24.4 Å². The van der Waals surface area contributed by atoms with E-state index in [1.165, 1.54) is 6.07 Å². The van der Waals surface area contributed by atoms with Crippen molar-refractivity contribution in [2.45, 2.75) is 55.8 Å². The molecular weight excluding hydrogens is 574 g/mol. The molecule has 2 atom stereocenters. The second kappa shape index (κ2) is 10.6. The van der Waals surface area contributed by atoms with Gasteiger partial charge in [-0.1, -0.05) is 0 Å². The summed E-state index contributed by atoms with van der Waals surface area (Å²) >= 11 is 0. The zero-order valence-corrected chi connectivity index (χ0v) is 23.1. The van der Waals surface area contributed by atoms with Gasteiger partial charge in [0, 0.05) is 12.0 Å². The van der Waals surface area contributed by atoms with Crippen molar-refractivity contribution in [1.29, 1.82) is 0 Å². The zero-order chi connectivity index (χ0) is 30.5. The van der Waals surface area contributed by atoms with E-state index in [-0.39, 0.29) is 41.0 Å². The lowest BCUT2D eigenvalue weighted by atomic mass is 9.95. The number of nitrogens with zero attached hydrogens (tertiary/aromatic N) is 2. The summed E-state index contributed by atoms with van der Waals surface area (Å²) in [5.74, 6) is -2.39. The van der Waals surface area contributed by atoms with Crippen molar-refractivity contribution < 1.29 is 50.1 Å². The van der Waals surface area contributed by atoms with Crippen LogP contribution in [0.15, 0.2) is 41.3 Å². The molecule has 15 heteroatoms. The smallest absolute Gasteiger partial charge is 0.412 e. The van der Waals surface area contributed by atoms with Crippen molar-refractivity contribution in [1.82, 2.24) is 0 Å². The van der Waals surface area contributed by atoms with Gasteiger partial charge in [-0.15, -0.1) is 0 Å². The first-order valence-corrected chi connectivity index (χ1v) is 14.0. The molecule has 2 amide bonds. The molecular formula is C26H29F4N3O7S. The van der Waals surface area contributed by atoms with Crippen LogP contribution in [0.5, 0.6) is 11.5 Å². The quantitative estimate of drug-likeness (QED) is 0.402. The highest BCUT2D eigenvalue weighted by Crippen LogP contribution is 2.46. The maximum absolute atomic E-state index is 14.1. The molecule has 1 saturated carbocycles. The number of anilines is 2. The Labute approximate surface area is 233 Å². The number of carbonyl (C=O) groups excluding carboxylic acids is 1. The summed E-state index contributed by atoms with van der Waals surface area (Å²) in [6.07, 6.45) is -6.16. The molecule has 2 aromatic rings. The van der Waals surface area contributed by atoms with Crippen molar-refractivity contribution in [3.05, 3.63) is 42.2 Å². The van der Waals surface area contributed by atoms with Crippen LogP contribution >= 0.6 is 0 Å². The average Bonchev–Trinajstić information content (AvgIpc) is 3.71. The van der Waals surface area contributed by atoms with Gasteiger partial charge in [-0.25, -0.2) is 17.6 Å². The van der Waals surface area contributed by atoms with Gasteiger partial charge < -0.3 is 20.3 Å². The lowest BCUT2D eigenvalue weighted by Gasteiger charge is -2.40. The van der Waals surface area contributed by atoms with E-state index in [1.54, 1.807) is 0 Å². The summed E-state index contributed by atoms with van der Waals surface area (Å²) < 4.78 is 95.2. The fourth-order valence-electron chi connectivity index (χ4n) is 4.84. The molecule has 41 heavy (non-hydrogen) atoms. The van der Waals surface area contributed by atoms with E-state index >= 15 is 0 Å². The first kappa shape index (κ1) is 30.2. The van der Waals surface area contributed by atoms with Crippen LogP contribution in [0.1, 0.15) is 33.1 Å². The summed E-state index contributed by atoms with van der Waals surface area (Å²) in [6, 6.07) is 6.04. The maximum atomic E-state index is 14.1. The summed E-state index contributed by atoms with van der Waals surface area (Å²) in [5, 5.41) is 9.74. The zero-order valence-electron chi connectivity index (χ0n) is 22.3. The number of hydrogen-bond acceptors (Lipinski definition) is 6. The highest BCUT2D eigenvalue weighted by Gasteiger charge is 2.54. The molecule has 1 fully saturated rings. The van der Waals surface area contributed by atoms with Gasteiger partial charge in [0.15, 0.2) is 11.6 Å². The molecule has 1 aliphatic carbocycles. The van der Waals surface area contributed by atoms with Gasteiger partial charge in [-0.3, -0.25) is 14.0 Å². The van der Waals surface area contributed by atoms with E-state index < -0.39 is 62.2 Å². The Balaban J connectivity index is 1.84. The number of amides is 2. The van der Waals surface area contributed by atoms with Crippen molar-refractivity contribution >= 4 is 33.4 Å². The minimum atomic E-state index is -4.98. The average molecular weight is 604 g/mol. The number of carbonyl (C=O) groups is 2. The van der Waals surface area contributed by atoms with Gasteiger partial charge in [-0.05, 0) is 69.4 Å². The Morgan fingerprint density at radius 1 is 1.20 bits per heavy atom. The third-order valence-electron chi connectivity index (χ3n) is 7.36. The Morgan fingerprint density at radius 2 is 1.85 bits per heavy atom. The Morgan fingerprint density at radius 3 is 2.39 bits per heavy atom. The number of halogens is 4. The molecule has 2 aliphatic rings. The standard InChI is InChI=1S/C26H29F4N3O7S/c1-25(2,26(28,29)30)33(24(35)36)15-6-9-21-20(10-15)32(13-16(40-21)11-18(23(31)34)14-4-5-14)41(37,38)17-7-8-19(27)22(12-17)39-3/h6-10,12,14,16,18H,4-5,11,13H2,1-3H3,(H2,31,34)(H,35,36)/t16-,18-/m0/s1. The van der Waals surface area contributed by atoms with Gasteiger partial charge >= 0.3 is 12.3 Å². The number of nitrogens with two attached hydrogens (primary N) is 1. The van der Waals surface area contributed by atoms with E-state index in [0.717, 1.165) is 54.6 Å². The minimum Gasteiger partial charge on any atom is -0.494 e. The Kier molecular flexibility index (Phi) is 7.80. The van der Waals surface area contributed by atoms with Crippen LogP contribution in [0.2, 0.25) is 0 Å². The number of methoxy groups -OCH3 is 1. The fourth-order valence-corrected chi connectivity index (χ4v) is 6.35. The normalized spacial score (nSPS) is 18.2. The number of benzene rings is 2. The van der Waals surface area contributed by atoms with E-state index in [9.17, 15) is 40.7 Å². The van der Waals surface area contributed by atoms with Crippen LogP contribution in [0.4, 0.5) is 33.7 Å². The second-order valence-electron chi connectivity index (χ2n) is 10.5. The molecule has 3 N–H and O–H groups in total. The summed E-state index contributed by atoms with van der Waals surface area (Å²) in [7, 11) is -3.40. The highest BCUT2D eigenvalue weighted by molar-refractivity contribution is 7.92. The number of fused-ring (bicyclic) bond motifs is 1. The molecule has 224 valence electrons. The number of primary amides is 1. The third-order valence-corrected chi connectivity index (χ3v) is 9.14. The van der Waals surface area contributed by atoms with Crippen LogP contribution in [0, 0.1) is 17.7 Å². The number of carboxylic acid groups (broad SMARTS) is 1. The van der Waals surface area contributed by atoms with Gasteiger partial charge in [0.1, 0.15) is 17.4 Å². The van der Waals surface area contributed by atoms with Crippen molar-refractivity contribution in [3.8, 4) is 11.5 Å². The Hall–Kier alpha value is -3.75. The predicted octanol–water partition coefficient (Wildman–Crippen LogP) is 4.52. The molecule has 4 rings (SSSR count). The molecule has 1 heterocycles. The molecule has 0 spiro atoms. The van der Waals surface area contributed by atoms with E-state index in [4.69, 9.17) is 15.2 Å². The Bertz CT molecular complexity index is 1460. The summed E-state index contributed by atoms with van der Waals surface area (Å²) in [6.45, 7) is 0.965. The molecule has 0 aromatic heterocycles. The van der Waals surface area contributed by atoms with Crippen molar-refractivity contribution in [2.24, 2.45) is 17.6 Å². The van der Waals surface area contributed by atoms with Crippen LogP contribution in [-0.2, 0) is 14.8 Å². The number of hydrogen-bond donors (Lipinski definition) is 2. The van der Waals surface area contributed by atoms with Gasteiger partial charge in [-0.2, -0.15) is 13.2 Å². The molecule has 0 radical (unpaired) electrons. The van der Waals surface area contributed by atoms with Gasteiger partial charge in [0.2, 0.25) is 5.91 Å². The van der Waals surface area contributed by atoms with Gasteiger partial charge in [0.05, 0.1) is 29.9 Å². The molecule has 0 bridgehead atoms. The second-order valence-corrected chi connectivity index (χ2v) is 12.3. The molecule has 10 nitrogen and oxygen atoms in total. The monoisotopic (exact) mass is 603 g/mol. The fraction of sp³-hybridized carbons (Fsp3) is 0.462. The lowest BCUT2D eigenvalue weighted by Crippen LogP contribution is -2.57. The molecule has 0 saturated heterocycles. The first-order valence-electron chi connectivity index (χ1n) is 12.5. The molecule has 0 unspecified atom stereocenters. The minimum absolute atomic E-state index is 0.0278. The van der Waals surface area contributed by atoms with E-state index in [0.29, 0.717) is 13.8 Å². The number of rotatable bonds is 9. The summed E-state index contributed by atoms with van der Waals surface area (Å²) in [4.78, 5) is 23.8. The van der Waals surface area contributed by atoms with Crippen LogP contribution in [0.3, 0.4) is 0 Å². The van der Waals surface area contributed by atoms with Crippen molar-refractivity contribution in [3.63, 3.8) is 0 Å². The number of ether oxygens (including phenoxy) is 2. The van der Waals surface area contributed by atoms with E-state index in [1.807, 2.05) is 0 Å². The summed E-state index contributed by atoms with van der Waals surface area (Å²) in [5.41, 5.74) is 1.98. The number of alkyl halides is 3. The lowest BCUT2D eigenvalue weighted by molar-refractivity contribution is -0.175. The van der Waals surface area contributed by atoms with Crippen LogP contribution in [0.25, 0.3) is 0 Å². The van der Waals surface area contributed by atoms with Gasteiger partial charge in [0.25, 0.3) is 10.0 Å². The van der Waals surface area contributed by atoms with E-state index in [2.05, 4.69) is 0 Å². The molecule has 2 aromatic carbocycles. The number of sulfonamides is 1. The maximum Gasteiger partial charge on any atom is 0.412 e. The van der Waals surface area contributed by atoms with Crippen molar-refractivity contribution in [2.75, 3.05) is 22.9 Å². The largest absolute Gasteiger partial charge is 0.494 e. The van der Waals surface area contributed by atoms with Crippen LogP contribution in [-0.4, -0.2) is 57.0 Å². The predicted molar refractivity (Wildman–Crippen MR) is 139 cm³/mol. The highest BCUT2D eigenvalue weighted by atomic mass is 32.2. The third kappa shape index (κ3) is 5.72.